The van der Waals surface area contributed by atoms with Crippen LogP contribution in [0.4, 0.5) is 15.9 Å². The number of anilines is 2. The van der Waals surface area contributed by atoms with Gasteiger partial charge in [-0.3, -0.25) is 4.79 Å². The number of hydrogen-bond acceptors (Lipinski definition) is 6. The summed E-state index contributed by atoms with van der Waals surface area (Å²) in [6.45, 7) is 0.439. The van der Waals surface area contributed by atoms with Crippen molar-refractivity contribution in [3.8, 4) is 17.4 Å². The molecule has 2 atom stereocenters. The Bertz CT molecular complexity index is 1390. The Morgan fingerprint density at radius 2 is 1.97 bits per heavy atom. The summed E-state index contributed by atoms with van der Waals surface area (Å²) in [7, 11) is 0. The van der Waals surface area contributed by atoms with Crippen LogP contribution in [0, 0.1) is 23.1 Å². The zero-order valence-corrected chi connectivity index (χ0v) is 17.9. The lowest BCUT2D eigenvalue weighted by atomic mass is 9.96. The standard InChI is InChI=1S/C24H20FN7O2/c25-20-3-1-2-4-21(20)32-14-16(12-28-32)22-19(9-10-34-22)24(33)29-17-5-7-18(8-6-17)31-13-15(11-26)23(27)30-31/h1-8,12-14,19,22H,9-10H2,(H2,27,30)(H,29,33). The second kappa shape index (κ2) is 8.80. The number of nitrogens with zero attached hydrogens (tertiary/aromatic N) is 5. The third kappa shape index (κ3) is 4.00. The number of aromatic nitrogens is 4. The first-order valence-corrected chi connectivity index (χ1v) is 10.6. The van der Waals surface area contributed by atoms with E-state index in [2.05, 4.69) is 15.5 Å². The average Bonchev–Trinajstić information content (AvgIpc) is 3.59. The second-order valence-electron chi connectivity index (χ2n) is 7.88. The monoisotopic (exact) mass is 457 g/mol. The van der Waals surface area contributed by atoms with Crippen LogP contribution >= 0.6 is 0 Å². The number of amides is 1. The first kappa shape index (κ1) is 21.4. The average molecular weight is 457 g/mol. The van der Waals surface area contributed by atoms with Crippen molar-refractivity contribution in [3.63, 3.8) is 0 Å². The Labute approximate surface area is 194 Å². The summed E-state index contributed by atoms with van der Waals surface area (Å²) >= 11 is 0. The number of benzene rings is 2. The molecule has 2 aromatic heterocycles. The SMILES string of the molecule is N#Cc1cn(-c2ccc(NC(=O)C3CCOC3c3cnn(-c4ccccc4F)c3)cc2)nc1N. The van der Waals surface area contributed by atoms with E-state index in [0.717, 1.165) is 0 Å². The van der Waals surface area contributed by atoms with Crippen LogP contribution < -0.4 is 11.1 Å². The predicted octanol–water partition coefficient (Wildman–Crippen LogP) is 3.37. The van der Waals surface area contributed by atoms with E-state index >= 15 is 0 Å². The Morgan fingerprint density at radius 3 is 2.71 bits per heavy atom. The lowest BCUT2D eigenvalue weighted by Gasteiger charge is -2.17. The molecule has 2 aromatic carbocycles. The van der Waals surface area contributed by atoms with Crippen molar-refractivity contribution >= 4 is 17.4 Å². The van der Waals surface area contributed by atoms with Gasteiger partial charge in [-0.2, -0.15) is 10.4 Å². The van der Waals surface area contributed by atoms with Gasteiger partial charge in [-0.25, -0.2) is 13.8 Å². The number of halogens is 1. The minimum atomic E-state index is -0.476. The van der Waals surface area contributed by atoms with Crippen molar-refractivity contribution in [2.45, 2.75) is 12.5 Å². The molecule has 10 heteroatoms. The summed E-state index contributed by atoms with van der Waals surface area (Å²) in [6, 6.07) is 15.4. The van der Waals surface area contributed by atoms with Crippen molar-refractivity contribution in [3.05, 3.63) is 84.1 Å². The molecule has 34 heavy (non-hydrogen) atoms. The van der Waals surface area contributed by atoms with Gasteiger partial charge in [-0.1, -0.05) is 12.1 Å². The quantitative estimate of drug-likeness (QED) is 0.474. The number of rotatable bonds is 5. The molecule has 0 spiro atoms. The van der Waals surface area contributed by atoms with Gasteiger partial charge in [0.25, 0.3) is 0 Å². The Hall–Kier alpha value is -4.49. The molecule has 2 unspecified atom stereocenters. The van der Waals surface area contributed by atoms with Crippen molar-refractivity contribution in [2.75, 3.05) is 17.7 Å². The molecule has 1 saturated heterocycles. The molecule has 1 aliphatic heterocycles. The van der Waals surface area contributed by atoms with Gasteiger partial charge in [-0.05, 0) is 42.8 Å². The van der Waals surface area contributed by atoms with E-state index in [9.17, 15) is 9.18 Å². The molecule has 4 aromatic rings. The maximum absolute atomic E-state index is 14.1. The fourth-order valence-electron chi connectivity index (χ4n) is 3.98. The highest BCUT2D eigenvalue weighted by Crippen LogP contribution is 2.35. The third-order valence-electron chi connectivity index (χ3n) is 5.72. The zero-order chi connectivity index (χ0) is 23.7. The first-order valence-electron chi connectivity index (χ1n) is 10.6. The number of para-hydroxylation sites is 1. The molecule has 3 heterocycles. The molecule has 1 aliphatic rings. The maximum Gasteiger partial charge on any atom is 0.230 e. The maximum atomic E-state index is 14.1. The molecular formula is C24H20FN7O2. The van der Waals surface area contributed by atoms with Gasteiger partial charge in [0.15, 0.2) is 5.82 Å². The van der Waals surface area contributed by atoms with Gasteiger partial charge in [0.1, 0.15) is 23.1 Å². The molecule has 0 bridgehead atoms. The van der Waals surface area contributed by atoms with E-state index < -0.39 is 12.0 Å². The molecule has 3 N–H and O–H groups in total. The Kier molecular flexibility index (Phi) is 5.53. The van der Waals surface area contributed by atoms with E-state index in [1.165, 1.54) is 15.4 Å². The van der Waals surface area contributed by atoms with Crippen LogP contribution in [0.5, 0.6) is 0 Å². The van der Waals surface area contributed by atoms with Crippen LogP contribution in [0.1, 0.15) is 23.7 Å². The van der Waals surface area contributed by atoms with Crippen LogP contribution in [0.25, 0.3) is 11.4 Å². The lowest BCUT2D eigenvalue weighted by Crippen LogP contribution is -2.25. The van der Waals surface area contributed by atoms with Crippen LogP contribution in [-0.2, 0) is 9.53 Å². The summed E-state index contributed by atoms with van der Waals surface area (Å²) in [5.41, 5.74) is 8.36. The number of nitrogen functional groups attached to an aromatic ring is 1. The highest BCUT2D eigenvalue weighted by atomic mass is 19.1. The number of nitrogens with two attached hydrogens (primary N) is 1. The van der Waals surface area contributed by atoms with E-state index in [1.807, 2.05) is 6.07 Å². The summed E-state index contributed by atoms with van der Waals surface area (Å²) < 4.78 is 22.9. The minimum absolute atomic E-state index is 0.158. The van der Waals surface area contributed by atoms with Gasteiger partial charge < -0.3 is 15.8 Å². The largest absolute Gasteiger partial charge is 0.381 e. The molecule has 1 amide bonds. The third-order valence-corrected chi connectivity index (χ3v) is 5.72. The summed E-state index contributed by atoms with van der Waals surface area (Å²) in [5.74, 6) is -0.819. The Morgan fingerprint density at radius 1 is 1.18 bits per heavy atom. The molecule has 9 nitrogen and oxygen atoms in total. The topological polar surface area (TPSA) is 124 Å². The Balaban J connectivity index is 1.29. The molecule has 1 fully saturated rings. The summed E-state index contributed by atoms with van der Waals surface area (Å²) in [5, 5.41) is 20.3. The van der Waals surface area contributed by atoms with E-state index in [-0.39, 0.29) is 17.5 Å². The van der Waals surface area contributed by atoms with Crippen molar-refractivity contribution in [1.82, 2.24) is 19.6 Å². The summed E-state index contributed by atoms with van der Waals surface area (Å²) in [4.78, 5) is 13.0. The zero-order valence-electron chi connectivity index (χ0n) is 17.9. The molecule has 0 radical (unpaired) electrons. The van der Waals surface area contributed by atoms with Gasteiger partial charge in [0, 0.05) is 24.1 Å². The van der Waals surface area contributed by atoms with E-state index in [1.54, 1.807) is 61.1 Å². The first-order chi connectivity index (χ1) is 16.5. The van der Waals surface area contributed by atoms with Crippen molar-refractivity contribution in [1.29, 1.82) is 5.26 Å². The van der Waals surface area contributed by atoms with Crippen LogP contribution in [-0.4, -0.2) is 32.1 Å². The normalized spacial score (nSPS) is 17.4. The van der Waals surface area contributed by atoms with Gasteiger partial charge >= 0.3 is 0 Å². The summed E-state index contributed by atoms with van der Waals surface area (Å²) in [6.07, 6.45) is 4.92. The fourth-order valence-corrected chi connectivity index (χ4v) is 3.98. The molecular weight excluding hydrogens is 437 g/mol. The van der Waals surface area contributed by atoms with Crippen molar-refractivity contribution in [2.24, 2.45) is 5.92 Å². The van der Waals surface area contributed by atoms with Crippen LogP contribution in [0.2, 0.25) is 0 Å². The van der Waals surface area contributed by atoms with Gasteiger partial charge in [-0.15, -0.1) is 5.10 Å². The van der Waals surface area contributed by atoms with Crippen LogP contribution in [0.3, 0.4) is 0 Å². The second-order valence-corrected chi connectivity index (χ2v) is 7.88. The number of carbonyl (C=O) groups excluding carboxylic acids is 1. The molecule has 0 saturated carbocycles. The number of nitriles is 1. The molecule has 170 valence electrons. The number of nitrogens with one attached hydrogen (secondary N) is 1. The predicted molar refractivity (Wildman–Crippen MR) is 122 cm³/mol. The van der Waals surface area contributed by atoms with Gasteiger partial charge in [0.2, 0.25) is 5.91 Å². The van der Waals surface area contributed by atoms with Crippen molar-refractivity contribution < 1.29 is 13.9 Å². The molecule has 5 rings (SSSR count). The number of hydrogen-bond donors (Lipinski definition) is 2. The fraction of sp³-hybridized carbons (Fsp3) is 0.167. The highest BCUT2D eigenvalue weighted by Gasteiger charge is 2.36. The smallest absolute Gasteiger partial charge is 0.230 e. The molecule has 0 aliphatic carbocycles. The van der Waals surface area contributed by atoms with Crippen LogP contribution in [0.15, 0.2) is 67.1 Å². The van der Waals surface area contributed by atoms with E-state index in [4.69, 9.17) is 15.7 Å². The van der Waals surface area contributed by atoms with Gasteiger partial charge in [0.05, 0.1) is 30.1 Å². The van der Waals surface area contributed by atoms with E-state index in [0.29, 0.717) is 41.2 Å². The number of ether oxygens (including phenoxy) is 1. The minimum Gasteiger partial charge on any atom is -0.381 e. The number of carbonyl (C=O) groups is 1. The lowest BCUT2D eigenvalue weighted by molar-refractivity contribution is -0.121. The highest BCUT2D eigenvalue weighted by molar-refractivity contribution is 5.93.